The predicted octanol–water partition coefficient (Wildman–Crippen LogP) is 7.41. The zero-order valence-electron chi connectivity index (χ0n) is 20.1. The van der Waals surface area contributed by atoms with Crippen LogP contribution in [0.25, 0.3) is 0 Å². The molecule has 2 aromatic carbocycles. The zero-order valence-corrected chi connectivity index (χ0v) is 20.8. The molecule has 6 heteroatoms. The van der Waals surface area contributed by atoms with Crippen LogP contribution in [0.5, 0.6) is 0 Å². The number of nitrogens with zero attached hydrogens (tertiary/aromatic N) is 1. The number of Topliss-reactive ketones (excluding diaryl/α,β-unsaturated/α-hetero) is 1. The lowest BCUT2D eigenvalue weighted by atomic mass is 9.79. The summed E-state index contributed by atoms with van der Waals surface area (Å²) in [5.41, 5.74) is 4.07. The number of hydrogen-bond acceptors (Lipinski definition) is 4. The Labute approximate surface area is 216 Å². The highest BCUT2D eigenvalue weighted by Crippen LogP contribution is 2.48. The molecule has 1 amide bonds. The van der Waals surface area contributed by atoms with Crippen LogP contribution >= 0.6 is 11.6 Å². The highest BCUT2D eigenvalue weighted by molar-refractivity contribution is 6.30. The summed E-state index contributed by atoms with van der Waals surface area (Å²) >= 11 is 6.24. The van der Waals surface area contributed by atoms with Crippen molar-refractivity contribution in [1.82, 2.24) is 0 Å². The maximum absolute atomic E-state index is 14.3. The Morgan fingerprint density at radius 1 is 0.944 bits per heavy atom. The van der Waals surface area contributed by atoms with E-state index in [1.807, 2.05) is 65.6 Å². The minimum absolute atomic E-state index is 0.0411. The Kier molecular flexibility index (Phi) is 6.18. The van der Waals surface area contributed by atoms with E-state index in [-0.39, 0.29) is 23.5 Å². The van der Waals surface area contributed by atoms with E-state index in [1.165, 1.54) is 6.42 Å². The van der Waals surface area contributed by atoms with Crippen LogP contribution in [-0.4, -0.2) is 11.7 Å². The van der Waals surface area contributed by atoms with E-state index in [0.29, 0.717) is 23.4 Å². The van der Waals surface area contributed by atoms with Crippen molar-refractivity contribution in [2.75, 3.05) is 10.2 Å². The minimum Gasteiger partial charge on any atom is -0.469 e. The number of fused-ring (bicyclic) bond motifs is 1. The number of furan rings is 1. The first-order valence-corrected chi connectivity index (χ1v) is 13.2. The van der Waals surface area contributed by atoms with Gasteiger partial charge in [0.15, 0.2) is 5.78 Å². The fourth-order valence-corrected chi connectivity index (χ4v) is 6.19. The quantitative estimate of drug-likeness (QED) is 0.406. The van der Waals surface area contributed by atoms with Crippen LogP contribution in [0, 0.1) is 5.92 Å². The van der Waals surface area contributed by atoms with E-state index in [4.69, 9.17) is 16.0 Å². The number of carbonyl (C=O) groups is 2. The second-order valence-electron chi connectivity index (χ2n) is 10.1. The summed E-state index contributed by atoms with van der Waals surface area (Å²) in [5, 5.41) is 4.20. The number of halogens is 1. The van der Waals surface area contributed by atoms with Gasteiger partial charge in [-0.05, 0) is 61.2 Å². The predicted molar refractivity (Wildman–Crippen MR) is 141 cm³/mol. The molecule has 2 atom stereocenters. The molecule has 0 bridgehead atoms. The molecule has 1 N–H and O–H groups in total. The van der Waals surface area contributed by atoms with Gasteiger partial charge in [-0.15, -0.1) is 0 Å². The fourth-order valence-electron chi connectivity index (χ4n) is 6.06. The Bertz CT molecular complexity index is 1310. The van der Waals surface area contributed by atoms with Gasteiger partial charge in [0.2, 0.25) is 5.91 Å². The monoisotopic (exact) mass is 500 g/mol. The van der Waals surface area contributed by atoms with E-state index < -0.39 is 6.04 Å². The number of rotatable bonds is 3. The molecular formula is C30H29ClN2O3. The molecule has 0 spiro atoms. The normalized spacial score (nSPS) is 22.5. The van der Waals surface area contributed by atoms with Gasteiger partial charge in [0, 0.05) is 34.5 Å². The van der Waals surface area contributed by atoms with Gasteiger partial charge in [0.05, 0.1) is 23.7 Å². The van der Waals surface area contributed by atoms with Gasteiger partial charge >= 0.3 is 0 Å². The topological polar surface area (TPSA) is 62.6 Å². The van der Waals surface area contributed by atoms with Crippen LogP contribution in [0.15, 0.2) is 82.6 Å². The standard InChI is InChI=1S/C30H29ClN2O3/c31-22-14-12-19(13-15-22)29-28-24(17-21(18-26(28)34)27-11-6-16-36-27)32-23-9-4-5-10-25(23)33(29)30(35)20-7-2-1-3-8-20/h4-6,9-16,20-21,29,32H,1-3,7-8,17-18H2/t21-,29-/m1/s1. The average Bonchev–Trinajstić information content (AvgIpc) is 3.40. The molecule has 5 nitrogen and oxygen atoms in total. The van der Waals surface area contributed by atoms with E-state index in [1.54, 1.807) is 6.26 Å². The van der Waals surface area contributed by atoms with Crippen molar-refractivity contribution in [2.45, 2.75) is 56.9 Å². The molecule has 2 aliphatic carbocycles. The molecule has 1 aromatic heterocycles. The number of amides is 1. The number of benzene rings is 2. The van der Waals surface area contributed by atoms with Gasteiger partial charge in [0.25, 0.3) is 0 Å². The Balaban J connectivity index is 1.53. The zero-order chi connectivity index (χ0) is 24.6. The second kappa shape index (κ2) is 9.62. The lowest BCUT2D eigenvalue weighted by Gasteiger charge is -2.37. The summed E-state index contributed by atoms with van der Waals surface area (Å²) in [4.78, 5) is 30.1. The molecule has 2 heterocycles. The molecule has 3 aliphatic rings. The summed E-state index contributed by atoms with van der Waals surface area (Å²) in [6, 6.07) is 18.7. The van der Waals surface area contributed by atoms with Crippen molar-refractivity contribution < 1.29 is 14.0 Å². The van der Waals surface area contributed by atoms with Crippen LogP contribution in [0.1, 0.15) is 68.2 Å². The second-order valence-corrected chi connectivity index (χ2v) is 10.5. The van der Waals surface area contributed by atoms with E-state index in [0.717, 1.165) is 54.1 Å². The first-order valence-electron chi connectivity index (χ1n) is 12.8. The van der Waals surface area contributed by atoms with Crippen molar-refractivity contribution in [3.63, 3.8) is 0 Å². The maximum Gasteiger partial charge on any atom is 0.231 e. The van der Waals surface area contributed by atoms with E-state index in [2.05, 4.69) is 5.32 Å². The number of para-hydroxylation sites is 2. The van der Waals surface area contributed by atoms with Gasteiger partial charge in [0.1, 0.15) is 5.76 Å². The highest BCUT2D eigenvalue weighted by Gasteiger charge is 2.43. The summed E-state index contributed by atoms with van der Waals surface area (Å²) in [7, 11) is 0. The lowest BCUT2D eigenvalue weighted by molar-refractivity contribution is -0.123. The summed E-state index contributed by atoms with van der Waals surface area (Å²) in [6.07, 6.45) is 7.71. The third-order valence-corrected chi connectivity index (χ3v) is 8.06. The van der Waals surface area contributed by atoms with Gasteiger partial charge in [-0.1, -0.05) is 55.1 Å². The molecule has 6 rings (SSSR count). The number of ketones is 1. The maximum atomic E-state index is 14.3. The van der Waals surface area contributed by atoms with Crippen molar-refractivity contribution in [1.29, 1.82) is 0 Å². The molecule has 1 fully saturated rings. The number of carbonyl (C=O) groups excluding carboxylic acids is 2. The van der Waals surface area contributed by atoms with Crippen molar-refractivity contribution in [3.8, 4) is 0 Å². The summed E-state index contributed by atoms with van der Waals surface area (Å²) in [6.45, 7) is 0. The molecule has 1 saturated carbocycles. The van der Waals surface area contributed by atoms with Crippen LogP contribution in [0.4, 0.5) is 11.4 Å². The van der Waals surface area contributed by atoms with Gasteiger partial charge in [-0.3, -0.25) is 14.5 Å². The fraction of sp³-hybridized carbons (Fsp3) is 0.333. The lowest BCUT2D eigenvalue weighted by Crippen LogP contribution is -2.42. The minimum atomic E-state index is -0.520. The SMILES string of the molecule is O=C1C[C@H](c2ccco2)CC2=C1[C@@H](c1ccc(Cl)cc1)N(C(=O)C1CCCCC1)c1ccccc1N2. The average molecular weight is 501 g/mol. The number of allylic oxidation sites excluding steroid dienone is 1. The largest absolute Gasteiger partial charge is 0.469 e. The molecule has 184 valence electrons. The first kappa shape index (κ1) is 23.1. The van der Waals surface area contributed by atoms with Crippen molar-refractivity contribution in [2.24, 2.45) is 5.92 Å². The third kappa shape index (κ3) is 4.16. The van der Waals surface area contributed by atoms with Crippen LogP contribution < -0.4 is 10.2 Å². The molecule has 0 saturated heterocycles. The van der Waals surface area contributed by atoms with Crippen LogP contribution in [0.2, 0.25) is 5.02 Å². The Morgan fingerprint density at radius 3 is 2.47 bits per heavy atom. The van der Waals surface area contributed by atoms with Crippen LogP contribution in [0.3, 0.4) is 0 Å². The summed E-state index contributed by atoms with van der Waals surface area (Å²) < 4.78 is 5.68. The molecule has 36 heavy (non-hydrogen) atoms. The molecule has 0 unspecified atom stereocenters. The first-order chi connectivity index (χ1) is 17.6. The van der Waals surface area contributed by atoms with Gasteiger partial charge in [-0.25, -0.2) is 0 Å². The number of anilines is 2. The van der Waals surface area contributed by atoms with E-state index >= 15 is 0 Å². The molecule has 3 aromatic rings. The molecular weight excluding hydrogens is 472 g/mol. The molecule has 0 radical (unpaired) electrons. The van der Waals surface area contributed by atoms with Gasteiger partial charge < -0.3 is 9.73 Å². The van der Waals surface area contributed by atoms with Gasteiger partial charge in [-0.2, -0.15) is 0 Å². The highest BCUT2D eigenvalue weighted by atomic mass is 35.5. The van der Waals surface area contributed by atoms with E-state index in [9.17, 15) is 9.59 Å². The van der Waals surface area contributed by atoms with Crippen LogP contribution in [-0.2, 0) is 9.59 Å². The number of nitrogens with one attached hydrogen (secondary N) is 1. The van der Waals surface area contributed by atoms with Crippen molar-refractivity contribution in [3.05, 3.63) is 94.5 Å². The third-order valence-electron chi connectivity index (χ3n) is 7.81. The number of hydrogen-bond donors (Lipinski definition) is 1. The Morgan fingerprint density at radius 2 is 1.72 bits per heavy atom. The Hall–Kier alpha value is -3.31. The summed E-state index contributed by atoms with van der Waals surface area (Å²) in [5.74, 6) is 0.862. The molecule has 1 aliphatic heterocycles. The smallest absolute Gasteiger partial charge is 0.231 e. The van der Waals surface area contributed by atoms with Crippen molar-refractivity contribution >= 4 is 34.7 Å².